The number of aliphatic hydroxyl groups is 1. The van der Waals surface area contributed by atoms with Gasteiger partial charge in [-0.15, -0.1) is 0 Å². The Morgan fingerprint density at radius 1 is 1.24 bits per heavy atom. The van der Waals surface area contributed by atoms with E-state index < -0.39 is 29.4 Å². The summed E-state index contributed by atoms with van der Waals surface area (Å²) in [5.41, 5.74) is -1.61. The lowest BCUT2D eigenvalue weighted by Crippen LogP contribution is -2.52. The van der Waals surface area contributed by atoms with E-state index in [1.165, 1.54) is 19.1 Å². The van der Waals surface area contributed by atoms with Crippen molar-refractivity contribution in [3.63, 3.8) is 0 Å². The maximum absolute atomic E-state index is 15.2. The molecule has 0 atom stereocenters. The van der Waals surface area contributed by atoms with Crippen molar-refractivity contribution in [1.29, 1.82) is 5.26 Å². The highest BCUT2D eigenvalue weighted by Crippen LogP contribution is 2.42. The minimum Gasteiger partial charge on any atom is -0.389 e. The number of aryl methyl sites for hydroxylation is 1. The smallest absolute Gasteiger partial charge is 0.389 e. The molecule has 33 heavy (non-hydrogen) atoms. The Morgan fingerprint density at radius 2 is 1.97 bits per heavy atom. The highest BCUT2D eigenvalue weighted by Gasteiger charge is 2.41. The van der Waals surface area contributed by atoms with Gasteiger partial charge in [0.1, 0.15) is 23.3 Å². The van der Waals surface area contributed by atoms with Crippen molar-refractivity contribution in [2.45, 2.75) is 19.2 Å². The molecule has 3 aromatic heterocycles. The number of nitriles is 1. The lowest BCUT2D eigenvalue weighted by Gasteiger charge is -2.39. The molecule has 1 N–H and O–H groups in total. The minimum atomic E-state index is -4.90. The average Bonchev–Trinajstić information content (AvgIpc) is 3.10. The van der Waals surface area contributed by atoms with E-state index in [9.17, 15) is 23.5 Å². The van der Waals surface area contributed by atoms with Gasteiger partial charge in [-0.25, -0.2) is 9.37 Å². The number of nitrogens with zero attached hydrogens (tertiary/aromatic N) is 6. The van der Waals surface area contributed by atoms with Crippen LogP contribution in [0.15, 0.2) is 24.4 Å². The fraction of sp³-hybridized carbons (Fsp3) is 0.238. The second-order valence-corrected chi connectivity index (χ2v) is 8.10. The molecule has 0 bridgehead atoms. The molecule has 0 aliphatic carbocycles. The molecule has 0 radical (unpaired) electrons. The Bertz CT molecular complexity index is 1490. The summed E-state index contributed by atoms with van der Waals surface area (Å²) >= 11 is 6.04. The fourth-order valence-corrected chi connectivity index (χ4v) is 4.22. The molecule has 0 unspecified atom stereocenters. The van der Waals surface area contributed by atoms with E-state index in [2.05, 4.69) is 15.1 Å². The number of β-amino-alcohol motifs (C(OH)–C–C–N with tert-alkyl or cyclic N) is 1. The zero-order valence-electron chi connectivity index (χ0n) is 16.8. The van der Waals surface area contributed by atoms with E-state index in [4.69, 9.17) is 11.6 Å². The van der Waals surface area contributed by atoms with Gasteiger partial charge in [-0.3, -0.25) is 4.98 Å². The molecule has 7 nitrogen and oxygen atoms in total. The molecule has 1 saturated heterocycles. The van der Waals surface area contributed by atoms with Crippen LogP contribution < -0.4 is 4.90 Å². The molecular formula is C21H13ClF4N6O. The predicted octanol–water partition coefficient (Wildman–Crippen LogP) is 4.12. The molecule has 1 aromatic carbocycles. The van der Waals surface area contributed by atoms with E-state index in [0.717, 1.165) is 10.7 Å². The van der Waals surface area contributed by atoms with E-state index in [-0.39, 0.29) is 41.4 Å². The van der Waals surface area contributed by atoms with Crippen molar-refractivity contribution < 1.29 is 22.7 Å². The summed E-state index contributed by atoms with van der Waals surface area (Å²) in [7, 11) is 0. The molecule has 1 aliphatic rings. The van der Waals surface area contributed by atoms with E-state index in [0.29, 0.717) is 15.9 Å². The van der Waals surface area contributed by atoms with Crippen LogP contribution in [0.5, 0.6) is 0 Å². The number of hydrogen-bond donors (Lipinski definition) is 1. The zero-order valence-corrected chi connectivity index (χ0v) is 17.6. The van der Waals surface area contributed by atoms with Crippen molar-refractivity contribution >= 4 is 34.0 Å². The molecule has 12 heteroatoms. The highest BCUT2D eigenvalue weighted by molar-refractivity contribution is 6.31. The number of halogens is 5. The fourth-order valence-electron chi connectivity index (χ4n) is 4.05. The lowest BCUT2D eigenvalue weighted by molar-refractivity contribution is -0.141. The summed E-state index contributed by atoms with van der Waals surface area (Å²) in [5.74, 6) is -0.628. The van der Waals surface area contributed by atoms with E-state index >= 15 is 4.39 Å². The predicted molar refractivity (Wildman–Crippen MR) is 111 cm³/mol. The van der Waals surface area contributed by atoms with Crippen molar-refractivity contribution in [3.8, 4) is 17.2 Å². The van der Waals surface area contributed by atoms with Gasteiger partial charge in [-0.05, 0) is 19.1 Å². The summed E-state index contributed by atoms with van der Waals surface area (Å²) in [4.78, 5) is 9.84. The summed E-state index contributed by atoms with van der Waals surface area (Å²) in [5, 5.41) is 23.7. The van der Waals surface area contributed by atoms with E-state index in [1.807, 2.05) is 0 Å². The number of hydrogen-bond acceptors (Lipinski definition) is 6. The molecule has 4 aromatic rings. The van der Waals surface area contributed by atoms with Crippen LogP contribution in [0, 0.1) is 24.1 Å². The number of benzene rings is 1. The standard InChI is InChI=1S/C21H13ClF4N6O/c1-9-16(17-12-3-2-10(22)4-15(12)28-6-14(17)23)20(31-7-11(33)8-31)32-19(29-9)13(5-27)18(30-32)21(24,25)26/h2-4,6,11,33H,7-8H2,1H3. The van der Waals surface area contributed by atoms with Crippen LogP contribution in [0.2, 0.25) is 5.02 Å². The summed E-state index contributed by atoms with van der Waals surface area (Å²) in [6, 6.07) is 6.19. The number of rotatable bonds is 2. The Labute approximate surface area is 188 Å². The van der Waals surface area contributed by atoms with E-state index in [1.54, 1.807) is 17.0 Å². The van der Waals surface area contributed by atoms with Gasteiger partial charge in [0.15, 0.2) is 11.3 Å². The molecule has 4 heterocycles. The van der Waals surface area contributed by atoms with Crippen LogP contribution in [-0.2, 0) is 6.18 Å². The number of alkyl halides is 3. The second kappa shape index (κ2) is 7.26. The topological polar surface area (TPSA) is 90.3 Å². The number of pyridine rings is 1. The normalized spacial score (nSPS) is 14.7. The maximum Gasteiger partial charge on any atom is 0.436 e. The van der Waals surface area contributed by atoms with Gasteiger partial charge in [-0.2, -0.15) is 28.0 Å². The monoisotopic (exact) mass is 476 g/mol. The molecular weight excluding hydrogens is 464 g/mol. The Balaban J connectivity index is 1.93. The number of aromatic nitrogens is 4. The maximum atomic E-state index is 15.2. The van der Waals surface area contributed by atoms with Gasteiger partial charge >= 0.3 is 6.18 Å². The minimum absolute atomic E-state index is 0.0579. The van der Waals surface area contributed by atoms with Gasteiger partial charge in [0.25, 0.3) is 0 Å². The van der Waals surface area contributed by atoms with Crippen molar-refractivity contribution in [1.82, 2.24) is 19.6 Å². The second-order valence-electron chi connectivity index (χ2n) is 7.67. The largest absolute Gasteiger partial charge is 0.436 e. The highest BCUT2D eigenvalue weighted by atomic mass is 35.5. The first-order valence-electron chi connectivity index (χ1n) is 9.68. The van der Waals surface area contributed by atoms with Crippen molar-refractivity contribution in [3.05, 3.63) is 52.2 Å². The third-order valence-corrected chi connectivity index (χ3v) is 5.73. The third kappa shape index (κ3) is 3.25. The molecule has 0 saturated carbocycles. The van der Waals surface area contributed by atoms with Gasteiger partial charge in [0, 0.05) is 34.6 Å². The first kappa shape index (κ1) is 21.4. The Kier molecular flexibility index (Phi) is 4.70. The summed E-state index contributed by atoms with van der Waals surface area (Å²) in [6.07, 6.45) is -4.62. The molecule has 5 rings (SSSR count). The number of fused-ring (bicyclic) bond motifs is 2. The van der Waals surface area contributed by atoms with Crippen LogP contribution in [0.3, 0.4) is 0 Å². The van der Waals surface area contributed by atoms with Crippen LogP contribution in [0.1, 0.15) is 17.0 Å². The zero-order chi connectivity index (χ0) is 23.7. The quantitative estimate of drug-likeness (QED) is 0.438. The Morgan fingerprint density at radius 3 is 2.61 bits per heavy atom. The summed E-state index contributed by atoms with van der Waals surface area (Å²) in [6.45, 7) is 1.69. The van der Waals surface area contributed by atoms with Gasteiger partial charge in [0.2, 0.25) is 0 Å². The first-order chi connectivity index (χ1) is 15.6. The first-order valence-corrected chi connectivity index (χ1v) is 10.1. The Hall–Kier alpha value is -3.49. The molecule has 1 aliphatic heterocycles. The van der Waals surface area contributed by atoms with Crippen LogP contribution >= 0.6 is 11.6 Å². The molecule has 168 valence electrons. The molecule has 1 fully saturated rings. The number of anilines is 1. The number of aliphatic hydroxyl groups excluding tert-OH is 1. The summed E-state index contributed by atoms with van der Waals surface area (Å²) < 4.78 is 56.9. The average molecular weight is 477 g/mol. The van der Waals surface area contributed by atoms with Gasteiger partial charge in [-0.1, -0.05) is 17.7 Å². The molecule has 0 spiro atoms. The van der Waals surface area contributed by atoms with Crippen LogP contribution in [0.25, 0.3) is 27.7 Å². The van der Waals surface area contributed by atoms with Gasteiger partial charge < -0.3 is 10.0 Å². The van der Waals surface area contributed by atoms with Crippen molar-refractivity contribution in [2.24, 2.45) is 0 Å². The van der Waals surface area contributed by atoms with Crippen molar-refractivity contribution in [2.75, 3.05) is 18.0 Å². The van der Waals surface area contributed by atoms with Gasteiger partial charge in [0.05, 0.1) is 23.5 Å². The van der Waals surface area contributed by atoms with Crippen LogP contribution in [-0.4, -0.2) is 43.9 Å². The lowest BCUT2D eigenvalue weighted by atomic mass is 9.98. The van der Waals surface area contributed by atoms with Crippen LogP contribution in [0.4, 0.5) is 23.4 Å². The molecule has 0 amide bonds. The third-order valence-electron chi connectivity index (χ3n) is 5.50. The SMILES string of the molecule is Cc1nc2c(C#N)c(C(F)(F)F)nn2c(N2CC(O)C2)c1-c1c(F)cnc2cc(Cl)ccc12.